The van der Waals surface area contributed by atoms with Gasteiger partial charge in [0.25, 0.3) is 0 Å². The molecule has 2 aliphatic rings. The SMILES string of the molecule is O=C(NCCO)C1CCN(C(=O)[C@@H]2CC[C@H](c3ccccc3)N(S(=O)(=O)c3ccccc3)C2)CC1. The Morgan fingerprint density at radius 1 is 0.886 bits per heavy atom. The number of likely N-dealkylation sites (tertiary alicyclic amines) is 1. The molecule has 4 rings (SSSR count). The second kappa shape index (κ2) is 11.3. The van der Waals surface area contributed by atoms with Crippen LogP contribution in [0.5, 0.6) is 0 Å². The normalized spacial score (nSPS) is 22.0. The van der Waals surface area contributed by atoms with Crippen molar-refractivity contribution in [3.63, 3.8) is 0 Å². The molecule has 2 aromatic rings. The smallest absolute Gasteiger partial charge is 0.243 e. The highest BCUT2D eigenvalue weighted by Crippen LogP contribution is 2.38. The summed E-state index contributed by atoms with van der Waals surface area (Å²) in [5, 5.41) is 11.6. The van der Waals surface area contributed by atoms with Crippen LogP contribution in [-0.2, 0) is 19.6 Å². The zero-order valence-electron chi connectivity index (χ0n) is 19.8. The van der Waals surface area contributed by atoms with Gasteiger partial charge in [-0.15, -0.1) is 0 Å². The summed E-state index contributed by atoms with van der Waals surface area (Å²) in [6, 6.07) is 17.6. The van der Waals surface area contributed by atoms with Gasteiger partial charge in [-0.1, -0.05) is 48.5 Å². The van der Waals surface area contributed by atoms with E-state index in [1.165, 1.54) is 4.31 Å². The highest BCUT2D eigenvalue weighted by atomic mass is 32.2. The van der Waals surface area contributed by atoms with Crippen molar-refractivity contribution in [3.8, 4) is 0 Å². The van der Waals surface area contributed by atoms with E-state index in [1.807, 2.05) is 30.3 Å². The quantitative estimate of drug-likeness (QED) is 0.607. The van der Waals surface area contributed by atoms with Crippen LogP contribution in [0.3, 0.4) is 0 Å². The number of nitrogens with zero attached hydrogens (tertiary/aromatic N) is 2. The summed E-state index contributed by atoms with van der Waals surface area (Å²) in [7, 11) is -3.80. The molecule has 2 saturated heterocycles. The van der Waals surface area contributed by atoms with Gasteiger partial charge >= 0.3 is 0 Å². The van der Waals surface area contributed by atoms with E-state index in [1.54, 1.807) is 35.2 Å². The summed E-state index contributed by atoms with van der Waals surface area (Å²) in [5.74, 6) is -0.726. The van der Waals surface area contributed by atoms with Crippen molar-refractivity contribution in [1.82, 2.24) is 14.5 Å². The number of sulfonamides is 1. The molecule has 2 fully saturated rings. The third-order valence-corrected chi connectivity index (χ3v) is 8.90. The zero-order chi connectivity index (χ0) is 24.8. The predicted octanol–water partition coefficient (Wildman–Crippen LogP) is 2.18. The fourth-order valence-corrected chi connectivity index (χ4v) is 6.80. The molecule has 2 aliphatic heterocycles. The molecular formula is C26H33N3O5S. The molecule has 0 bridgehead atoms. The highest BCUT2D eigenvalue weighted by Gasteiger charge is 2.41. The highest BCUT2D eigenvalue weighted by molar-refractivity contribution is 7.89. The number of hydrogen-bond acceptors (Lipinski definition) is 5. The molecule has 0 unspecified atom stereocenters. The summed E-state index contributed by atoms with van der Waals surface area (Å²) >= 11 is 0. The molecule has 2 aromatic carbocycles. The summed E-state index contributed by atoms with van der Waals surface area (Å²) in [6.07, 6.45) is 2.30. The molecule has 2 atom stereocenters. The van der Waals surface area contributed by atoms with E-state index in [9.17, 15) is 18.0 Å². The minimum Gasteiger partial charge on any atom is -0.395 e. The van der Waals surface area contributed by atoms with Crippen molar-refractivity contribution in [2.45, 2.75) is 36.6 Å². The molecule has 0 spiro atoms. The van der Waals surface area contributed by atoms with Crippen LogP contribution in [-0.4, -0.2) is 67.3 Å². The van der Waals surface area contributed by atoms with Gasteiger partial charge in [0, 0.05) is 32.1 Å². The molecular weight excluding hydrogens is 466 g/mol. The van der Waals surface area contributed by atoms with Gasteiger partial charge in [0.2, 0.25) is 21.8 Å². The lowest BCUT2D eigenvalue weighted by atomic mass is 9.89. The van der Waals surface area contributed by atoms with E-state index < -0.39 is 15.9 Å². The number of carbonyl (C=O) groups is 2. The molecule has 0 aliphatic carbocycles. The van der Waals surface area contributed by atoms with Crippen LogP contribution < -0.4 is 5.32 Å². The summed E-state index contributed by atoms with van der Waals surface area (Å²) < 4.78 is 28.8. The van der Waals surface area contributed by atoms with E-state index >= 15 is 0 Å². The van der Waals surface area contributed by atoms with Crippen LogP contribution in [0.25, 0.3) is 0 Å². The van der Waals surface area contributed by atoms with Crippen LogP contribution in [0.2, 0.25) is 0 Å². The number of aliphatic hydroxyl groups excluding tert-OH is 1. The number of rotatable bonds is 7. The van der Waals surface area contributed by atoms with Crippen molar-refractivity contribution >= 4 is 21.8 Å². The Labute approximate surface area is 207 Å². The van der Waals surface area contributed by atoms with Gasteiger partial charge in [-0.3, -0.25) is 9.59 Å². The second-order valence-corrected chi connectivity index (χ2v) is 11.1. The fourth-order valence-electron chi connectivity index (χ4n) is 5.09. The minimum atomic E-state index is -3.80. The number of carbonyl (C=O) groups excluding carboxylic acids is 2. The van der Waals surface area contributed by atoms with Crippen molar-refractivity contribution in [1.29, 1.82) is 0 Å². The Hall–Kier alpha value is -2.75. The van der Waals surface area contributed by atoms with Crippen LogP contribution in [0.1, 0.15) is 37.3 Å². The first-order valence-electron chi connectivity index (χ1n) is 12.2. The van der Waals surface area contributed by atoms with Crippen LogP contribution in [0.15, 0.2) is 65.6 Å². The molecule has 9 heteroatoms. The summed E-state index contributed by atoms with van der Waals surface area (Å²) in [6.45, 7) is 1.21. The predicted molar refractivity (Wildman–Crippen MR) is 132 cm³/mol. The van der Waals surface area contributed by atoms with Gasteiger partial charge in [-0.05, 0) is 43.4 Å². The van der Waals surface area contributed by atoms with Gasteiger partial charge in [-0.2, -0.15) is 4.31 Å². The molecule has 188 valence electrons. The zero-order valence-corrected chi connectivity index (χ0v) is 20.6. The number of hydrogen-bond donors (Lipinski definition) is 2. The van der Waals surface area contributed by atoms with Gasteiger partial charge in [-0.25, -0.2) is 8.42 Å². The number of amides is 2. The number of nitrogens with one attached hydrogen (secondary N) is 1. The van der Waals surface area contributed by atoms with Crippen molar-refractivity contribution < 1.29 is 23.1 Å². The molecule has 2 N–H and O–H groups in total. The molecule has 8 nitrogen and oxygen atoms in total. The fraction of sp³-hybridized carbons (Fsp3) is 0.462. The maximum atomic E-state index is 13.7. The van der Waals surface area contributed by atoms with E-state index in [4.69, 9.17) is 5.11 Å². The molecule has 35 heavy (non-hydrogen) atoms. The Bertz CT molecular complexity index is 1100. The average Bonchev–Trinajstić information content (AvgIpc) is 2.92. The van der Waals surface area contributed by atoms with Gasteiger partial charge in [0.1, 0.15) is 0 Å². The molecule has 0 saturated carbocycles. The topological polar surface area (TPSA) is 107 Å². The Balaban J connectivity index is 1.49. The first-order valence-corrected chi connectivity index (χ1v) is 13.6. The standard InChI is InChI=1S/C26H33N3O5S/c30-18-15-27-25(31)21-13-16-28(17-14-21)26(32)22-11-12-24(20-7-3-1-4-8-20)29(19-22)35(33,34)23-9-5-2-6-10-23/h1-10,21-22,24,30H,11-19H2,(H,27,31)/t22-,24-/m1/s1. The average molecular weight is 500 g/mol. The van der Waals surface area contributed by atoms with Crippen LogP contribution >= 0.6 is 0 Å². The van der Waals surface area contributed by atoms with E-state index in [0.717, 1.165) is 5.56 Å². The van der Waals surface area contributed by atoms with Crippen molar-refractivity contribution in [2.75, 3.05) is 32.8 Å². The van der Waals surface area contributed by atoms with E-state index in [2.05, 4.69) is 5.32 Å². The summed E-state index contributed by atoms with van der Waals surface area (Å²) in [5.41, 5.74) is 0.924. The Morgan fingerprint density at radius 3 is 2.14 bits per heavy atom. The Kier molecular flexibility index (Phi) is 8.20. The molecule has 2 heterocycles. The molecule has 0 aromatic heterocycles. The third-order valence-electron chi connectivity index (χ3n) is 7.01. The maximum Gasteiger partial charge on any atom is 0.243 e. The van der Waals surface area contributed by atoms with E-state index in [-0.39, 0.29) is 48.4 Å². The largest absolute Gasteiger partial charge is 0.395 e. The van der Waals surface area contributed by atoms with Crippen molar-refractivity contribution in [2.24, 2.45) is 11.8 Å². The number of aliphatic hydroxyl groups is 1. The third kappa shape index (κ3) is 5.74. The monoisotopic (exact) mass is 499 g/mol. The summed E-state index contributed by atoms with van der Waals surface area (Å²) in [4.78, 5) is 27.6. The van der Waals surface area contributed by atoms with Gasteiger partial charge in [0.05, 0.1) is 23.5 Å². The lowest BCUT2D eigenvalue weighted by molar-refractivity contribution is -0.140. The number of benzene rings is 2. The second-order valence-electron chi connectivity index (χ2n) is 9.20. The van der Waals surface area contributed by atoms with Crippen LogP contribution in [0, 0.1) is 11.8 Å². The first-order chi connectivity index (χ1) is 16.9. The Morgan fingerprint density at radius 2 is 1.51 bits per heavy atom. The molecule has 2 amide bonds. The maximum absolute atomic E-state index is 13.7. The lowest BCUT2D eigenvalue weighted by Gasteiger charge is -2.41. The first kappa shape index (κ1) is 25.3. The van der Waals surface area contributed by atoms with E-state index in [0.29, 0.717) is 38.8 Å². The lowest BCUT2D eigenvalue weighted by Crippen LogP contribution is -2.50. The number of piperidine rings is 2. The minimum absolute atomic E-state index is 0.0426. The van der Waals surface area contributed by atoms with Gasteiger partial charge in [0.15, 0.2) is 0 Å². The van der Waals surface area contributed by atoms with Crippen LogP contribution in [0.4, 0.5) is 0 Å². The van der Waals surface area contributed by atoms with Gasteiger partial charge < -0.3 is 15.3 Å². The van der Waals surface area contributed by atoms with Crippen molar-refractivity contribution in [3.05, 3.63) is 66.2 Å². The molecule has 0 radical (unpaired) electrons.